The fourth-order valence-corrected chi connectivity index (χ4v) is 3.96. The topological polar surface area (TPSA) is 72.7 Å². The molecule has 0 radical (unpaired) electrons. The number of carbonyl (C=O) groups excluding carboxylic acids is 1. The van der Waals surface area contributed by atoms with Crippen LogP contribution in [0.1, 0.15) is 12.5 Å². The van der Waals surface area contributed by atoms with Crippen LogP contribution < -0.4 is 5.32 Å². The minimum Gasteiger partial charge on any atom is -0.306 e. The number of benzene rings is 1. The Kier molecular flexibility index (Phi) is 4.94. The molecular weight excluding hydrogens is 354 g/mol. The summed E-state index contributed by atoms with van der Waals surface area (Å²) in [5.41, 5.74) is 1.97. The van der Waals surface area contributed by atoms with Gasteiger partial charge in [-0.2, -0.15) is 0 Å². The van der Waals surface area contributed by atoms with Crippen molar-refractivity contribution in [2.45, 2.75) is 17.0 Å². The highest BCUT2D eigenvalue weighted by Crippen LogP contribution is 2.31. The molecular formula is C14H12ClN5OS2. The third-order valence-electron chi connectivity index (χ3n) is 2.88. The Morgan fingerprint density at radius 1 is 1.43 bits per heavy atom. The van der Waals surface area contributed by atoms with Crippen LogP contribution in [-0.2, 0) is 10.5 Å². The molecule has 0 aliphatic rings. The third-order valence-corrected chi connectivity index (χ3v) is 5.25. The number of amides is 1. The first kappa shape index (κ1) is 16.0. The van der Waals surface area contributed by atoms with Gasteiger partial charge in [0.1, 0.15) is 0 Å². The van der Waals surface area contributed by atoms with Crippen LogP contribution in [0, 0.1) is 0 Å². The molecule has 1 N–H and O–H groups in total. The number of rotatable bonds is 5. The molecule has 0 aliphatic carbocycles. The van der Waals surface area contributed by atoms with Gasteiger partial charge in [0.15, 0.2) is 4.34 Å². The first-order valence-electron chi connectivity index (χ1n) is 6.62. The van der Waals surface area contributed by atoms with Gasteiger partial charge in [-0.15, -0.1) is 10.2 Å². The molecule has 0 spiro atoms. The van der Waals surface area contributed by atoms with Gasteiger partial charge in [0.2, 0.25) is 11.0 Å². The molecule has 2 aromatic heterocycles. The quantitative estimate of drug-likeness (QED) is 0.552. The number of nitrogens with zero attached hydrogens (tertiary/aromatic N) is 4. The number of halogens is 1. The van der Waals surface area contributed by atoms with Crippen molar-refractivity contribution < 1.29 is 4.79 Å². The van der Waals surface area contributed by atoms with E-state index in [9.17, 15) is 4.79 Å². The first-order valence-corrected chi connectivity index (χ1v) is 8.80. The van der Waals surface area contributed by atoms with Gasteiger partial charge in [-0.25, -0.2) is 4.98 Å². The average Bonchev–Trinajstić information content (AvgIpc) is 3.17. The molecule has 0 atom stereocenters. The molecule has 1 aromatic carbocycles. The van der Waals surface area contributed by atoms with Gasteiger partial charge < -0.3 is 9.88 Å². The Balaban J connectivity index is 1.66. The highest BCUT2D eigenvalue weighted by atomic mass is 35.5. The standard InChI is InChI=1S/C14H12ClN5OS2/c1-9(21)17-13-18-19-14(23-13)22-7-10-2-3-11(6-12(10)15)20-5-4-16-8-20/h2-6,8H,7H2,1H3,(H,17,18,21). The number of anilines is 1. The van der Waals surface area contributed by atoms with Crippen LogP contribution in [0.2, 0.25) is 5.02 Å². The van der Waals surface area contributed by atoms with Gasteiger partial charge in [-0.3, -0.25) is 4.79 Å². The second-order valence-electron chi connectivity index (χ2n) is 4.59. The van der Waals surface area contributed by atoms with Crippen LogP contribution in [0.5, 0.6) is 0 Å². The lowest BCUT2D eigenvalue weighted by atomic mass is 10.2. The van der Waals surface area contributed by atoms with E-state index in [1.807, 2.05) is 29.0 Å². The van der Waals surface area contributed by atoms with E-state index in [4.69, 9.17) is 11.6 Å². The number of imidazole rings is 1. The second-order valence-corrected chi connectivity index (χ2v) is 7.20. The molecule has 23 heavy (non-hydrogen) atoms. The van der Waals surface area contributed by atoms with E-state index in [0.717, 1.165) is 15.6 Å². The minimum absolute atomic E-state index is 0.157. The number of thioether (sulfide) groups is 1. The maximum atomic E-state index is 11.0. The zero-order chi connectivity index (χ0) is 16.2. The summed E-state index contributed by atoms with van der Waals surface area (Å²) >= 11 is 9.22. The van der Waals surface area contributed by atoms with Crippen LogP contribution in [0.4, 0.5) is 5.13 Å². The van der Waals surface area contributed by atoms with E-state index in [0.29, 0.717) is 15.9 Å². The van der Waals surface area contributed by atoms with Crippen molar-refractivity contribution >= 4 is 45.7 Å². The average molecular weight is 366 g/mol. The Bertz CT molecular complexity index is 818. The fraction of sp³-hybridized carbons (Fsp3) is 0.143. The predicted molar refractivity (Wildman–Crippen MR) is 92.3 cm³/mol. The van der Waals surface area contributed by atoms with Gasteiger partial charge in [-0.05, 0) is 17.7 Å². The van der Waals surface area contributed by atoms with Crippen LogP contribution >= 0.6 is 34.7 Å². The molecule has 3 aromatic rings. The SMILES string of the molecule is CC(=O)Nc1nnc(SCc2ccc(-n3ccnc3)cc2Cl)s1. The van der Waals surface area contributed by atoms with E-state index in [1.165, 1.54) is 30.0 Å². The number of carbonyl (C=O) groups is 1. The van der Waals surface area contributed by atoms with Gasteiger partial charge in [0, 0.05) is 35.8 Å². The maximum absolute atomic E-state index is 11.0. The smallest absolute Gasteiger partial charge is 0.223 e. The highest BCUT2D eigenvalue weighted by molar-refractivity contribution is 8.00. The molecule has 118 valence electrons. The van der Waals surface area contributed by atoms with Crippen molar-refractivity contribution in [2.24, 2.45) is 0 Å². The van der Waals surface area contributed by atoms with Gasteiger partial charge in [-0.1, -0.05) is 40.8 Å². The molecule has 0 unspecified atom stereocenters. The van der Waals surface area contributed by atoms with Crippen LogP contribution in [-0.4, -0.2) is 25.7 Å². The Morgan fingerprint density at radius 2 is 2.30 bits per heavy atom. The lowest BCUT2D eigenvalue weighted by Gasteiger charge is -2.06. The number of aromatic nitrogens is 4. The first-order chi connectivity index (χ1) is 11.1. The summed E-state index contributed by atoms with van der Waals surface area (Å²) in [5.74, 6) is 0.522. The molecule has 9 heteroatoms. The third kappa shape index (κ3) is 4.10. The van der Waals surface area contributed by atoms with Crippen molar-refractivity contribution in [1.29, 1.82) is 0 Å². The van der Waals surface area contributed by atoms with Gasteiger partial charge >= 0.3 is 0 Å². The summed E-state index contributed by atoms with van der Waals surface area (Å²) in [6.45, 7) is 1.44. The Labute approximate surface area is 145 Å². The van der Waals surface area contributed by atoms with E-state index in [1.54, 1.807) is 12.5 Å². The molecule has 6 nitrogen and oxygen atoms in total. The van der Waals surface area contributed by atoms with Crippen molar-refractivity contribution in [3.8, 4) is 5.69 Å². The zero-order valence-electron chi connectivity index (χ0n) is 12.1. The summed E-state index contributed by atoms with van der Waals surface area (Å²) < 4.78 is 2.68. The molecule has 1 amide bonds. The van der Waals surface area contributed by atoms with Crippen LogP contribution in [0.15, 0.2) is 41.3 Å². The van der Waals surface area contributed by atoms with E-state index in [2.05, 4.69) is 20.5 Å². The molecule has 0 saturated heterocycles. The molecule has 3 rings (SSSR count). The summed E-state index contributed by atoms with van der Waals surface area (Å²) in [6.07, 6.45) is 5.32. The molecule has 0 bridgehead atoms. The van der Waals surface area contributed by atoms with Gasteiger partial charge in [0.25, 0.3) is 0 Å². The summed E-state index contributed by atoms with van der Waals surface area (Å²) in [6, 6.07) is 5.88. The minimum atomic E-state index is -0.157. The number of hydrogen-bond donors (Lipinski definition) is 1. The van der Waals surface area contributed by atoms with E-state index < -0.39 is 0 Å². The lowest BCUT2D eigenvalue weighted by molar-refractivity contribution is -0.114. The Morgan fingerprint density at radius 3 is 3.00 bits per heavy atom. The van der Waals surface area contributed by atoms with E-state index >= 15 is 0 Å². The van der Waals surface area contributed by atoms with Crippen molar-refractivity contribution in [3.05, 3.63) is 47.5 Å². The lowest BCUT2D eigenvalue weighted by Crippen LogP contribution is -2.04. The Hall–Kier alpha value is -1.90. The fourth-order valence-electron chi connectivity index (χ4n) is 1.83. The van der Waals surface area contributed by atoms with Gasteiger partial charge in [0.05, 0.1) is 6.33 Å². The molecule has 2 heterocycles. The second kappa shape index (κ2) is 7.12. The van der Waals surface area contributed by atoms with Crippen LogP contribution in [0.25, 0.3) is 5.69 Å². The predicted octanol–water partition coefficient (Wildman–Crippen LogP) is 3.63. The van der Waals surface area contributed by atoms with E-state index in [-0.39, 0.29) is 5.91 Å². The number of hydrogen-bond acceptors (Lipinski definition) is 6. The van der Waals surface area contributed by atoms with Crippen molar-refractivity contribution in [2.75, 3.05) is 5.32 Å². The molecule has 0 saturated carbocycles. The summed E-state index contributed by atoms with van der Waals surface area (Å²) in [7, 11) is 0. The highest BCUT2D eigenvalue weighted by Gasteiger charge is 2.08. The maximum Gasteiger partial charge on any atom is 0.223 e. The molecule has 0 fully saturated rings. The zero-order valence-corrected chi connectivity index (χ0v) is 14.5. The number of nitrogens with one attached hydrogen (secondary N) is 1. The largest absolute Gasteiger partial charge is 0.306 e. The summed E-state index contributed by atoms with van der Waals surface area (Å²) in [4.78, 5) is 15.0. The van der Waals surface area contributed by atoms with Crippen molar-refractivity contribution in [3.63, 3.8) is 0 Å². The monoisotopic (exact) mass is 365 g/mol. The normalized spacial score (nSPS) is 10.7. The van der Waals surface area contributed by atoms with Crippen molar-refractivity contribution in [1.82, 2.24) is 19.7 Å². The summed E-state index contributed by atoms with van der Waals surface area (Å²) in [5, 5.41) is 11.8. The van der Waals surface area contributed by atoms with Crippen LogP contribution in [0.3, 0.4) is 0 Å². The molecule has 0 aliphatic heterocycles.